The third-order valence-corrected chi connectivity index (χ3v) is 3.41. The fraction of sp³-hybridized carbons (Fsp3) is 0.833. The quantitative estimate of drug-likeness (QED) is 0.684. The van der Waals surface area contributed by atoms with Crippen LogP contribution in [0, 0.1) is 34.0 Å². The summed E-state index contributed by atoms with van der Waals surface area (Å²) in [5.74, 6) is 0.806. The maximum Gasteiger partial charge on any atom is 0.0704 e. The lowest BCUT2D eigenvalue weighted by Gasteiger charge is -2.33. The lowest BCUT2D eigenvalue weighted by Crippen LogP contribution is -2.25. The van der Waals surface area contributed by atoms with Gasteiger partial charge < -0.3 is 0 Å². The molecule has 0 saturated heterocycles. The van der Waals surface area contributed by atoms with Crippen LogP contribution in [-0.4, -0.2) is 0 Å². The summed E-state index contributed by atoms with van der Waals surface area (Å²) < 4.78 is 0. The molecule has 1 aliphatic rings. The van der Waals surface area contributed by atoms with Gasteiger partial charge in [0.25, 0.3) is 0 Å². The SMILES string of the molecule is CCC[C@H]1CC[C@](C#N)(CC#N)CC1. The van der Waals surface area contributed by atoms with Crippen molar-refractivity contribution in [3.05, 3.63) is 0 Å². The molecular formula is C12H18N2. The van der Waals surface area contributed by atoms with E-state index in [1.54, 1.807) is 0 Å². The van der Waals surface area contributed by atoms with Crippen LogP contribution in [0.2, 0.25) is 0 Å². The monoisotopic (exact) mass is 190 g/mol. The van der Waals surface area contributed by atoms with Crippen molar-refractivity contribution in [2.75, 3.05) is 0 Å². The normalized spacial score (nSPS) is 31.8. The Morgan fingerprint density at radius 2 is 1.93 bits per heavy atom. The third-order valence-electron chi connectivity index (χ3n) is 3.41. The molecule has 1 saturated carbocycles. The van der Waals surface area contributed by atoms with Gasteiger partial charge in [0.1, 0.15) is 0 Å². The molecule has 2 heteroatoms. The minimum atomic E-state index is -0.307. The lowest BCUT2D eigenvalue weighted by atomic mass is 9.69. The summed E-state index contributed by atoms with van der Waals surface area (Å²) in [5, 5.41) is 17.8. The van der Waals surface area contributed by atoms with Crippen molar-refractivity contribution in [3.8, 4) is 12.1 Å². The van der Waals surface area contributed by atoms with Crippen LogP contribution >= 0.6 is 0 Å². The fourth-order valence-electron chi connectivity index (χ4n) is 2.41. The van der Waals surface area contributed by atoms with Crippen LogP contribution in [0.4, 0.5) is 0 Å². The average molecular weight is 190 g/mol. The van der Waals surface area contributed by atoms with Crippen molar-refractivity contribution in [3.63, 3.8) is 0 Å². The summed E-state index contributed by atoms with van der Waals surface area (Å²) in [7, 11) is 0. The van der Waals surface area contributed by atoms with E-state index in [-0.39, 0.29) is 5.41 Å². The van der Waals surface area contributed by atoms with E-state index >= 15 is 0 Å². The molecule has 0 atom stereocenters. The van der Waals surface area contributed by atoms with Gasteiger partial charge in [-0.2, -0.15) is 10.5 Å². The number of nitriles is 2. The second-order valence-corrected chi connectivity index (χ2v) is 4.46. The van der Waals surface area contributed by atoms with Crippen molar-refractivity contribution < 1.29 is 0 Å². The van der Waals surface area contributed by atoms with Gasteiger partial charge in [-0.3, -0.25) is 0 Å². The molecule has 1 fully saturated rings. The van der Waals surface area contributed by atoms with Gasteiger partial charge in [0.2, 0.25) is 0 Å². The molecule has 0 spiro atoms. The molecule has 1 rings (SSSR count). The highest BCUT2D eigenvalue weighted by molar-refractivity contribution is 5.05. The third kappa shape index (κ3) is 2.48. The van der Waals surface area contributed by atoms with Gasteiger partial charge in [-0.15, -0.1) is 0 Å². The standard InChI is InChI=1S/C12H18N2/c1-2-3-11-4-6-12(10-14,7-5-11)8-9-13/h11H,2-8H2,1H3/t11-,12+. The van der Waals surface area contributed by atoms with Crippen LogP contribution in [0.25, 0.3) is 0 Å². The van der Waals surface area contributed by atoms with Gasteiger partial charge in [0, 0.05) is 0 Å². The molecular weight excluding hydrogens is 172 g/mol. The minimum absolute atomic E-state index is 0.307. The first kappa shape index (κ1) is 11.1. The Labute approximate surface area is 86.5 Å². The number of hydrogen-bond acceptors (Lipinski definition) is 2. The summed E-state index contributed by atoms with van der Waals surface area (Å²) >= 11 is 0. The number of hydrogen-bond donors (Lipinski definition) is 0. The molecule has 0 aliphatic heterocycles. The van der Waals surface area contributed by atoms with Crippen molar-refractivity contribution in [2.24, 2.45) is 11.3 Å². The van der Waals surface area contributed by atoms with E-state index in [0.717, 1.165) is 31.6 Å². The average Bonchev–Trinajstić information content (AvgIpc) is 2.22. The molecule has 0 aromatic carbocycles. The minimum Gasteiger partial charge on any atom is -0.198 e. The van der Waals surface area contributed by atoms with Gasteiger partial charge in [-0.1, -0.05) is 19.8 Å². The predicted octanol–water partition coefficient (Wildman–Crippen LogP) is 3.40. The van der Waals surface area contributed by atoms with E-state index in [1.165, 1.54) is 12.8 Å². The van der Waals surface area contributed by atoms with Crippen molar-refractivity contribution in [1.82, 2.24) is 0 Å². The Morgan fingerprint density at radius 3 is 2.36 bits per heavy atom. The molecule has 0 heterocycles. The molecule has 2 nitrogen and oxygen atoms in total. The molecule has 0 aromatic heterocycles. The molecule has 1 aliphatic carbocycles. The second-order valence-electron chi connectivity index (χ2n) is 4.46. The van der Waals surface area contributed by atoms with Gasteiger partial charge >= 0.3 is 0 Å². The van der Waals surface area contributed by atoms with E-state index in [4.69, 9.17) is 10.5 Å². The summed E-state index contributed by atoms with van der Waals surface area (Å²) in [6.45, 7) is 2.21. The molecule has 0 radical (unpaired) electrons. The number of rotatable bonds is 3. The van der Waals surface area contributed by atoms with Crippen LogP contribution in [0.5, 0.6) is 0 Å². The lowest BCUT2D eigenvalue weighted by molar-refractivity contribution is 0.205. The van der Waals surface area contributed by atoms with Gasteiger partial charge in [-0.25, -0.2) is 0 Å². The van der Waals surface area contributed by atoms with Crippen LogP contribution in [0.1, 0.15) is 51.9 Å². The van der Waals surface area contributed by atoms with E-state index in [1.807, 2.05) is 0 Å². The van der Waals surface area contributed by atoms with Crippen LogP contribution < -0.4 is 0 Å². The van der Waals surface area contributed by atoms with Gasteiger partial charge in [0.15, 0.2) is 0 Å². The molecule has 0 aromatic rings. The zero-order chi connectivity index (χ0) is 10.4. The van der Waals surface area contributed by atoms with Crippen molar-refractivity contribution in [1.29, 1.82) is 10.5 Å². The maximum atomic E-state index is 9.09. The van der Waals surface area contributed by atoms with E-state index in [2.05, 4.69) is 19.1 Å². The van der Waals surface area contributed by atoms with E-state index in [9.17, 15) is 0 Å². The second kappa shape index (κ2) is 5.01. The predicted molar refractivity (Wildman–Crippen MR) is 55.1 cm³/mol. The van der Waals surface area contributed by atoms with E-state index < -0.39 is 0 Å². The van der Waals surface area contributed by atoms with E-state index in [0.29, 0.717) is 6.42 Å². The zero-order valence-corrected chi connectivity index (χ0v) is 8.92. The summed E-state index contributed by atoms with van der Waals surface area (Å²) in [4.78, 5) is 0. The maximum absolute atomic E-state index is 9.09. The Morgan fingerprint density at radius 1 is 1.29 bits per heavy atom. The first-order valence-electron chi connectivity index (χ1n) is 5.54. The first-order valence-corrected chi connectivity index (χ1v) is 5.54. The smallest absolute Gasteiger partial charge is 0.0704 e. The Kier molecular flexibility index (Phi) is 3.96. The fourth-order valence-corrected chi connectivity index (χ4v) is 2.41. The largest absolute Gasteiger partial charge is 0.198 e. The molecule has 0 amide bonds. The zero-order valence-electron chi connectivity index (χ0n) is 8.92. The molecule has 76 valence electrons. The molecule has 0 unspecified atom stereocenters. The molecule has 14 heavy (non-hydrogen) atoms. The highest BCUT2D eigenvalue weighted by Gasteiger charge is 2.34. The summed E-state index contributed by atoms with van der Waals surface area (Å²) in [6.07, 6.45) is 7.09. The highest BCUT2D eigenvalue weighted by atomic mass is 14.4. The van der Waals surface area contributed by atoms with Gasteiger partial charge in [0.05, 0.1) is 24.0 Å². The molecule has 0 N–H and O–H groups in total. The Balaban J connectivity index is 2.48. The van der Waals surface area contributed by atoms with Crippen molar-refractivity contribution in [2.45, 2.75) is 51.9 Å². The highest BCUT2D eigenvalue weighted by Crippen LogP contribution is 2.42. The summed E-state index contributed by atoms with van der Waals surface area (Å²) in [5.41, 5.74) is -0.307. The van der Waals surface area contributed by atoms with Crippen LogP contribution in [0.15, 0.2) is 0 Å². The van der Waals surface area contributed by atoms with Crippen LogP contribution in [-0.2, 0) is 0 Å². The van der Waals surface area contributed by atoms with Gasteiger partial charge in [-0.05, 0) is 31.6 Å². The first-order chi connectivity index (χ1) is 6.76. The Bertz CT molecular complexity index is 248. The summed E-state index contributed by atoms with van der Waals surface area (Å²) in [6, 6.07) is 4.51. The van der Waals surface area contributed by atoms with Crippen molar-refractivity contribution >= 4 is 0 Å². The molecule has 0 bridgehead atoms. The number of nitrogens with zero attached hydrogens (tertiary/aromatic N) is 2. The Hall–Kier alpha value is -1.02. The topological polar surface area (TPSA) is 47.6 Å². The van der Waals surface area contributed by atoms with Crippen LogP contribution in [0.3, 0.4) is 0 Å².